The first-order valence-electron chi connectivity index (χ1n) is 9.63. The highest BCUT2D eigenvalue weighted by atomic mass is 32.1. The Morgan fingerprint density at radius 3 is 2.43 bits per heavy atom. The maximum absolute atomic E-state index is 13.0. The molecule has 6 heteroatoms. The summed E-state index contributed by atoms with van der Waals surface area (Å²) in [6.45, 7) is 3.84. The van der Waals surface area contributed by atoms with Crippen LogP contribution in [0, 0.1) is 13.8 Å². The second kappa shape index (κ2) is 9.98. The van der Waals surface area contributed by atoms with Crippen molar-refractivity contribution in [2.24, 2.45) is 0 Å². The minimum atomic E-state index is -1.10. The Morgan fingerprint density at radius 2 is 1.73 bits per heavy atom. The van der Waals surface area contributed by atoms with Crippen LogP contribution in [0.25, 0.3) is 0 Å². The average molecular weight is 422 g/mol. The van der Waals surface area contributed by atoms with E-state index in [0.717, 1.165) is 11.1 Å². The predicted molar refractivity (Wildman–Crippen MR) is 118 cm³/mol. The van der Waals surface area contributed by atoms with Gasteiger partial charge in [0.1, 0.15) is 0 Å². The number of thiophene rings is 1. The van der Waals surface area contributed by atoms with Gasteiger partial charge in [0, 0.05) is 17.7 Å². The number of carbonyl (C=O) groups is 3. The van der Waals surface area contributed by atoms with Crippen LogP contribution in [0.1, 0.15) is 45.3 Å². The van der Waals surface area contributed by atoms with Gasteiger partial charge in [-0.25, -0.2) is 0 Å². The third kappa shape index (κ3) is 5.64. The first-order valence-corrected chi connectivity index (χ1v) is 10.5. The summed E-state index contributed by atoms with van der Waals surface area (Å²) in [5, 5.41) is 4.67. The number of hydrogen-bond donors (Lipinski definition) is 1. The lowest BCUT2D eigenvalue weighted by atomic mass is 10.1. The number of amides is 1. The van der Waals surface area contributed by atoms with E-state index in [4.69, 9.17) is 4.74 Å². The van der Waals surface area contributed by atoms with Crippen LogP contribution in [-0.4, -0.2) is 17.7 Å². The van der Waals surface area contributed by atoms with Gasteiger partial charge in [-0.2, -0.15) is 0 Å². The third-order valence-electron chi connectivity index (χ3n) is 4.59. The van der Waals surface area contributed by atoms with Crippen molar-refractivity contribution < 1.29 is 19.1 Å². The van der Waals surface area contributed by atoms with Crippen molar-refractivity contribution in [1.29, 1.82) is 0 Å². The molecular weight excluding hydrogens is 398 g/mol. The lowest BCUT2D eigenvalue weighted by molar-refractivity contribution is -0.154. The van der Waals surface area contributed by atoms with Gasteiger partial charge in [-0.05, 0) is 42.5 Å². The topological polar surface area (TPSA) is 72.5 Å². The van der Waals surface area contributed by atoms with Gasteiger partial charge in [0.15, 0.2) is 5.78 Å². The van der Waals surface area contributed by atoms with Crippen molar-refractivity contribution in [2.45, 2.75) is 32.8 Å². The molecule has 0 saturated heterocycles. The second-order valence-electron chi connectivity index (χ2n) is 6.99. The number of esters is 1. The number of benzene rings is 2. The normalized spacial score (nSPS) is 11.5. The zero-order valence-corrected chi connectivity index (χ0v) is 17.7. The Balaban J connectivity index is 1.71. The van der Waals surface area contributed by atoms with Crippen LogP contribution in [-0.2, 0) is 14.3 Å². The molecule has 2 aromatic carbocycles. The van der Waals surface area contributed by atoms with E-state index < -0.39 is 18.0 Å². The number of nitrogens with one attached hydrogen (secondary N) is 1. The molecule has 0 radical (unpaired) electrons. The average Bonchev–Trinajstić information content (AvgIpc) is 3.28. The monoisotopic (exact) mass is 421 g/mol. The van der Waals surface area contributed by atoms with Crippen LogP contribution in [0.2, 0.25) is 0 Å². The van der Waals surface area contributed by atoms with Crippen molar-refractivity contribution in [3.8, 4) is 0 Å². The fraction of sp³-hybridized carbons (Fsp3) is 0.208. The van der Waals surface area contributed by atoms with Crippen molar-refractivity contribution in [3.05, 3.63) is 87.6 Å². The van der Waals surface area contributed by atoms with Gasteiger partial charge >= 0.3 is 5.97 Å². The van der Waals surface area contributed by atoms with Crippen LogP contribution in [0.4, 0.5) is 5.69 Å². The first kappa shape index (κ1) is 21.5. The highest BCUT2D eigenvalue weighted by Gasteiger charge is 2.26. The van der Waals surface area contributed by atoms with Crippen LogP contribution in [0.5, 0.6) is 0 Å². The van der Waals surface area contributed by atoms with Gasteiger partial charge in [-0.15, -0.1) is 11.3 Å². The predicted octanol–water partition coefficient (Wildman–Crippen LogP) is 5.25. The maximum Gasteiger partial charge on any atom is 0.307 e. The lowest BCUT2D eigenvalue weighted by Gasteiger charge is -2.19. The van der Waals surface area contributed by atoms with E-state index in [-0.39, 0.29) is 18.6 Å². The number of carbonyl (C=O) groups excluding carboxylic acids is 3. The van der Waals surface area contributed by atoms with Crippen LogP contribution in [0.3, 0.4) is 0 Å². The van der Waals surface area contributed by atoms with E-state index >= 15 is 0 Å². The maximum atomic E-state index is 13.0. The van der Waals surface area contributed by atoms with Crippen LogP contribution < -0.4 is 5.32 Å². The molecule has 0 saturated carbocycles. The summed E-state index contributed by atoms with van der Waals surface area (Å²) in [5.41, 5.74) is 3.16. The Morgan fingerprint density at radius 1 is 0.967 bits per heavy atom. The molecule has 3 aromatic rings. The molecule has 30 heavy (non-hydrogen) atoms. The Bertz CT molecular complexity index is 1030. The molecule has 1 unspecified atom stereocenters. The number of anilines is 1. The minimum Gasteiger partial charge on any atom is -0.447 e. The van der Waals surface area contributed by atoms with Crippen LogP contribution >= 0.6 is 11.3 Å². The summed E-state index contributed by atoms with van der Waals surface area (Å²) in [7, 11) is 0. The lowest BCUT2D eigenvalue weighted by Crippen LogP contribution is -2.26. The van der Waals surface area contributed by atoms with E-state index in [1.54, 1.807) is 36.4 Å². The molecule has 1 atom stereocenters. The molecule has 0 aliphatic heterocycles. The van der Waals surface area contributed by atoms with Gasteiger partial charge in [0.05, 0.1) is 11.3 Å². The zero-order valence-electron chi connectivity index (χ0n) is 16.9. The summed E-state index contributed by atoms with van der Waals surface area (Å²) >= 11 is 1.34. The van der Waals surface area contributed by atoms with Crippen molar-refractivity contribution >= 4 is 34.7 Å². The minimum absolute atomic E-state index is 0.0411. The highest BCUT2D eigenvalue weighted by molar-refractivity contribution is 7.12. The summed E-state index contributed by atoms with van der Waals surface area (Å²) < 4.78 is 5.51. The standard InChI is InChI=1S/C24H23NO4S/c1-16-10-11-17(2)19(15-16)25-24(28)23(18-7-4-3-5-8-18)29-22(27)13-12-20(26)21-9-6-14-30-21/h3-11,14-15,23H,12-13H2,1-2H3,(H,25,28). The Hall–Kier alpha value is -3.25. The van der Waals surface area contributed by atoms with Crippen LogP contribution in [0.15, 0.2) is 66.0 Å². The molecule has 0 bridgehead atoms. The number of ether oxygens (including phenoxy) is 1. The molecule has 3 rings (SSSR count). The SMILES string of the molecule is Cc1ccc(C)c(NC(=O)C(OC(=O)CCC(=O)c2cccs2)c2ccccc2)c1. The van der Waals surface area contributed by atoms with E-state index in [1.807, 2.05) is 43.5 Å². The third-order valence-corrected chi connectivity index (χ3v) is 5.50. The molecule has 5 nitrogen and oxygen atoms in total. The second-order valence-corrected chi connectivity index (χ2v) is 7.94. The molecule has 1 amide bonds. The molecule has 0 aliphatic carbocycles. The van der Waals surface area contributed by atoms with Gasteiger partial charge in [-0.1, -0.05) is 48.5 Å². The number of aryl methyl sites for hydroxylation is 2. The molecule has 154 valence electrons. The molecule has 0 spiro atoms. The molecule has 1 aromatic heterocycles. The molecule has 0 aliphatic rings. The Kier molecular flexibility index (Phi) is 7.14. The van der Waals surface area contributed by atoms with Crippen molar-refractivity contribution in [3.63, 3.8) is 0 Å². The molecule has 1 heterocycles. The molecule has 0 fully saturated rings. The largest absolute Gasteiger partial charge is 0.447 e. The van der Waals surface area contributed by atoms with E-state index in [0.29, 0.717) is 16.1 Å². The quantitative estimate of drug-likeness (QED) is 0.398. The Labute approximate surface area is 179 Å². The fourth-order valence-corrected chi connectivity index (χ4v) is 3.63. The smallest absolute Gasteiger partial charge is 0.307 e. The van der Waals surface area contributed by atoms with E-state index in [1.165, 1.54) is 11.3 Å². The number of rotatable bonds is 8. The van der Waals surface area contributed by atoms with Crippen molar-refractivity contribution in [2.75, 3.05) is 5.32 Å². The number of ketones is 1. The first-order chi connectivity index (χ1) is 14.4. The summed E-state index contributed by atoms with van der Waals surface area (Å²) in [5.74, 6) is -1.14. The summed E-state index contributed by atoms with van der Waals surface area (Å²) in [4.78, 5) is 38.2. The van der Waals surface area contributed by atoms with E-state index in [9.17, 15) is 14.4 Å². The van der Waals surface area contributed by atoms with Gasteiger partial charge in [-0.3, -0.25) is 14.4 Å². The highest BCUT2D eigenvalue weighted by Crippen LogP contribution is 2.23. The summed E-state index contributed by atoms with van der Waals surface area (Å²) in [6, 6.07) is 18.1. The zero-order chi connectivity index (χ0) is 21.5. The van der Waals surface area contributed by atoms with E-state index in [2.05, 4.69) is 5.32 Å². The summed E-state index contributed by atoms with van der Waals surface area (Å²) in [6.07, 6.45) is -1.15. The molecular formula is C24H23NO4S. The van der Waals surface area contributed by atoms with Gasteiger partial charge < -0.3 is 10.1 Å². The molecule has 1 N–H and O–H groups in total. The van der Waals surface area contributed by atoms with Crippen molar-refractivity contribution in [1.82, 2.24) is 0 Å². The number of Topliss-reactive ketones (excluding diaryl/α,β-unsaturated/α-hetero) is 1. The van der Waals surface area contributed by atoms with Gasteiger partial charge in [0.25, 0.3) is 5.91 Å². The number of hydrogen-bond acceptors (Lipinski definition) is 5. The fourth-order valence-electron chi connectivity index (χ4n) is 2.94. The van der Waals surface area contributed by atoms with Gasteiger partial charge in [0.2, 0.25) is 6.10 Å².